The molecule has 82 valence electrons. The summed E-state index contributed by atoms with van der Waals surface area (Å²) >= 11 is 0. The van der Waals surface area contributed by atoms with Gasteiger partial charge in [0.25, 0.3) is 0 Å². The summed E-state index contributed by atoms with van der Waals surface area (Å²) in [7, 11) is 1.88. The van der Waals surface area contributed by atoms with E-state index in [1.165, 1.54) is 19.3 Å². The van der Waals surface area contributed by atoms with Crippen molar-refractivity contribution in [2.75, 3.05) is 20.1 Å². The predicted octanol–water partition coefficient (Wildman–Crippen LogP) is 1.23. The van der Waals surface area contributed by atoms with Gasteiger partial charge < -0.3 is 10.6 Å². The maximum atomic E-state index is 11.7. The zero-order valence-corrected chi connectivity index (χ0v) is 9.33. The molecule has 14 heavy (non-hydrogen) atoms. The van der Waals surface area contributed by atoms with Crippen LogP contribution in [0, 0.1) is 11.8 Å². The average molecular weight is 198 g/mol. The Morgan fingerprint density at radius 1 is 1.57 bits per heavy atom. The Hall–Kier alpha value is -0.570. The van der Waals surface area contributed by atoms with Crippen LogP contribution in [-0.2, 0) is 4.79 Å². The van der Waals surface area contributed by atoms with Crippen LogP contribution in [0.15, 0.2) is 0 Å². The summed E-state index contributed by atoms with van der Waals surface area (Å²) in [5, 5.41) is 0. The highest BCUT2D eigenvalue weighted by atomic mass is 16.2. The number of hydrogen-bond acceptors (Lipinski definition) is 2. The Morgan fingerprint density at radius 2 is 2.21 bits per heavy atom. The Labute approximate surface area is 86.6 Å². The molecule has 1 unspecified atom stereocenters. The third-order valence-corrected chi connectivity index (χ3v) is 3.10. The summed E-state index contributed by atoms with van der Waals surface area (Å²) in [5.74, 6) is 1.36. The van der Waals surface area contributed by atoms with Crippen molar-refractivity contribution in [1.82, 2.24) is 4.90 Å². The molecule has 0 heterocycles. The maximum absolute atomic E-state index is 11.7. The summed E-state index contributed by atoms with van der Waals surface area (Å²) in [6.45, 7) is 3.52. The molecule has 1 saturated carbocycles. The molecule has 0 saturated heterocycles. The quantitative estimate of drug-likeness (QED) is 0.722. The zero-order valence-electron chi connectivity index (χ0n) is 9.33. The molecule has 2 N–H and O–H groups in total. The lowest BCUT2D eigenvalue weighted by molar-refractivity contribution is -0.132. The zero-order chi connectivity index (χ0) is 10.6. The number of carbonyl (C=O) groups excluding carboxylic acids is 1. The first-order valence-corrected chi connectivity index (χ1v) is 5.57. The summed E-state index contributed by atoms with van der Waals surface area (Å²) in [5.41, 5.74) is 5.52. The van der Waals surface area contributed by atoms with E-state index in [4.69, 9.17) is 5.73 Å². The van der Waals surface area contributed by atoms with Crippen LogP contribution >= 0.6 is 0 Å². The monoisotopic (exact) mass is 198 g/mol. The molecule has 1 rings (SSSR count). The number of carbonyl (C=O) groups is 1. The minimum atomic E-state index is 0.287. The average Bonchev–Trinajstić information content (AvgIpc) is 2.10. The van der Waals surface area contributed by atoms with Crippen LogP contribution < -0.4 is 5.73 Å². The van der Waals surface area contributed by atoms with Crippen LogP contribution in [-0.4, -0.2) is 30.9 Å². The Kier molecular flexibility index (Phi) is 4.39. The van der Waals surface area contributed by atoms with Gasteiger partial charge in [0.15, 0.2) is 0 Å². The van der Waals surface area contributed by atoms with Gasteiger partial charge in [0.2, 0.25) is 5.91 Å². The minimum absolute atomic E-state index is 0.287. The van der Waals surface area contributed by atoms with Gasteiger partial charge in [0.05, 0.1) is 0 Å². The van der Waals surface area contributed by atoms with Crippen molar-refractivity contribution in [1.29, 1.82) is 0 Å². The lowest BCUT2D eigenvalue weighted by Crippen LogP contribution is -2.35. The second-order valence-electron chi connectivity index (χ2n) is 4.62. The first-order valence-electron chi connectivity index (χ1n) is 5.57. The third-order valence-electron chi connectivity index (χ3n) is 3.10. The van der Waals surface area contributed by atoms with Crippen molar-refractivity contribution in [2.24, 2.45) is 17.6 Å². The van der Waals surface area contributed by atoms with E-state index < -0.39 is 0 Å². The van der Waals surface area contributed by atoms with Crippen LogP contribution in [0.1, 0.15) is 32.6 Å². The lowest BCUT2D eigenvalue weighted by atomic mass is 9.82. The molecular weight excluding hydrogens is 176 g/mol. The topological polar surface area (TPSA) is 46.3 Å². The Morgan fingerprint density at radius 3 is 2.64 bits per heavy atom. The van der Waals surface area contributed by atoms with E-state index in [1.807, 2.05) is 11.9 Å². The molecule has 1 aliphatic rings. The lowest BCUT2D eigenvalue weighted by Gasteiger charge is -2.28. The highest BCUT2D eigenvalue weighted by Gasteiger charge is 2.22. The second-order valence-corrected chi connectivity index (χ2v) is 4.62. The third kappa shape index (κ3) is 3.29. The molecule has 1 fully saturated rings. The van der Waals surface area contributed by atoms with Crippen LogP contribution in [0.2, 0.25) is 0 Å². The Bertz CT molecular complexity index is 190. The van der Waals surface area contributed by atoms with E-state index in [-0.39, 0.29) is 5.91 Å². The molecule has 0 radical (unpaired) electrons. The van der Waals surface area contributed by atoms with Crippen molar-refractivity contribution in [3.63, 3.8) is 0 Å². The number of nitrogens with two attached hydrogens (primary N) is 1. The van der Waals surface area contributed by atoms with Gasteiger partial charge in [-0.05, 0) is 31.2 Å². The fourth-order valence-corrected chi connectivity index (χ4v) is 1.74. The van der Waals surface area contributed by atoms with Gasteiger partial charge in [-0.2, -0.15) is 0 Å². The normalized spacial score (nSPS) is 18.8. The van der Waals surface area contributed by atoms with Crippen molar-refractivity contribution in [2.45, 2.75) is 32.6 Å². The van der Waals surface area contributed by atoms with E-state index in [1.54, 1.807) is 0 Å². The van der Waals surface area contributed by atoms with Crippen LogP contribution in [0.25, 0.3) is 0 Å². The number of rotatable bonds is 5. The molecule has 3 heteroatoms. The van der Waals surface area contributed by atoms with E-state index in [9.17, 15) is 4.79 Å². The van der Waals surface area contributed by atoms with Crippen LogP contribution in [0.3, 0.4) is 0 Å². The van der Waals surface area contributed by atoms with E-state index in [2.05, 4.69) is 6.92 Å². The van der Waals surface area contributed by atoms with Gasteiger partial charge >= 0.3 is 0 Å². The Balaban J connectivity index is 2.21. The van der Waals surface area contributed by atoms with Crippen LogP contribution in [0.5, 0.6) is 0 Å². The molecular formula is C11H22N2O. The van der Waals surface area contributed by atoms with E-state index in [0.29, 0.717) is 18.4 Å². The fourth-order valence-electron chi connectivity index (χ4n) is 1.74. The molecule has 0 spiro atoms. The highest BCUT2D eigenvalue weighted by molar-refractivity contribution is 5.76. The molecule has 1 amide bonds. The first-order chi connectivity index (χ1) is 6.63. The van der Waals surface area contributed by atoms with E-state index in [0.717, 1.165) is 13.0 Å². The molecule has 0 aromatic heterocycles. The number of hydrogen-bond donors (Lipinski definition) is 1. The molecule has 0 aliphatic heterocycles. The van der Waals surface area contributed by atoms with Gasteiger partial charge in [-0.1, -0.05) is 13.3 Å². The van der Waals surface area contributed by atoms with E-state index >= 15 is 0 Å². The number of nitrogens with zero attached hydrogens (tertiary/aromatic N) is 1. The second kappa shape index (κ2) is 5.35. The van der Waals surface area contributed by atoms with Gasteiger partial charge in [0, 0.05) is 20.0 Å². The fraction of sp³-hybridized carbons (Fsp3) is 0.909. The van der Waals surface area contributed by atoms with Crippen molar-refractivity contribution < 1.29 is 4.79 Å². The molecule has 1 atom stereocenters. The minimum Gasteiger partial charge on any atom is -0.345 e. The predicted molar refractivity (Wildman–Crippen MR) is 57.8 cm³/mol. The summed E-state index contributed by atoms with van der Waals surface area (Å²) < 4.78 is 0. The molecule has 3 nitrogen and oxygen atoms in total. The van der Waals surface area contributed by atoms with Gasteiger partial charge in [-0.3, -0.25) is 4.79 Å². The van der Waals surface area contributed by atoms with Crippen LogP contribution in [0.4, 0.5) is 0 Å². The van der Waals surface area contributed by atoms with Crippen molar-refractivity contribution in [3.8, 4) is 0 Å². The van der Waals surface area contributed by atoms with Gasteiger partial charge in [-0.15, -0.1) is 0 Å². The standard InChI is InChI=1S/C11H22N2O/c1-9(7-12)8-13(2)11(14)6-10-4-3-5-10/h9-10H,3-8,12H2,1-2H3. The summed E-state index contributed by atoms with van der Waals surface area (Å²) in [6.07, 6.45) is 4.53. The SMILES string of the molecule is CC(CN)CN(C)C(=O)CC1CCC1. The molecule has 0 aromatic rings. The molecule has 1 aliphatic carbocycles. The maximum Gasteiger partial charge on any atom is 0.222 e. The smallest absolute Gasteiger partial charge is 0.222 e. The van der Waals surface area contributed by atoms with Crippen molar-refractivity contribution in [3.05, 3.63) is 0 Å². The molecule has 0 aromatic carbocycles. The summed E-state index contributed by atoms with van der Waals surface area (Å²) in [4.78, 5) is 13.5. The largest absolute Gasteiger partial charge is 0.345 e. The van der Waals surface area contributed by atoms with Gasteiger partial charge in [-0.25, -0.2) is 0 Å². The highest BCUT2D eigenvalue weighted by Crippen LogP contribution is 2.29. The van der Waals surface area contributed by atoms with Crippen molar-refractivity contribution >= 4 is 5.91 Å². The van der Waals surface area contributed by atoms with Gasteiger partial charge in [0.1, 0.15) is 0 Å². The summed E-state index contributed by atoms with van der Waals surface area (Å²) in [6, 6.07) is 0. The first kappa shape index (κ1) is 11.5. The number of amides is 1. The molecule has 0 bridgehead atoms.